The van der Waals surface area contributed by atoms with E-state index in [1.54, 1.807) is 0 Å². The van der Waals surface area contributed by atoms with Gasteiger partial charge in [-0.15, -0.1) is 12.4 Å². The van der Waals surface area contributed by atoms with Crippen molar-refractivity contribution in [3.8, 4) is 0 Å². The Labute approximate surface area is 119 Å². The van der Waals surface area contributed by atoms with Crippen molar-refractivity contribution >= 4 is 12.4 Å². The van der Waals surface area contributed by atoms with E-state index in [4.69, 9.17) is 10.3 Å². The van der Waals surface area contributed by atoms with Gasteiger partial charge in [0.1, 0.15) is 0 Å². The summed E-state index contributed by atoms with van der Waals surface area (Å²) in [4.78, 5) is 6.34. The third-order valence-electron chi connectivity index (χ3n) is 2.72. The fraction of sp³-hybridized carbons (Fsp3) is 0.385. The molecule has 1 aromatic carbocycles. The van der Waals surface area contributed by atoms with E-state index >= 15 is 0 Å². The van der Waals surface area contributed by atoms with Gasteiger partial charge in [-0.3, -0.25) is 4.90 Å². The van der Waals surface area contributed by atoms with Crippen molar-refractivity contribution < 1.29 is 4.52 Å². The van der Waals surface area contributed by atoms with Gasteiger partial charge < -0.3 is 10.3 Å². The molecule has 0 atom stereocenters. The Kier molecular flexibility index (Phi) is 6.49. The molecule has 0 aliphatic carbocycles. The normalized spacial score (nSPS) is 10.5. The lowest BCUT2D eigenvalue weighted by Crippen LogP contribution is -2.21. The highest BCUT2D eigenvalue weighted by molar-refractivity contribution is 5.85. The van der Waals surface area contributed by atoms with Gasteiger partial charge in [-0.2, -0.15) is 4.98 Å². The summed E-state index contributed by atoms with van der Waals surface area (Å²) in [6, 6.07) is 10.4. The molecule has 0 bridgehead atoms. The van der Waals surface area contributed by atoms with Crippen molar-refractivity contribution in [2.45, 2.75) is 19.5 Å². The molecule has 1 aromatic heterocycles. The van der Waals surface area contributed by atoms with Crippen molar-refractivity contribution in [3.63, 3.8) is 0 Å². The predicted octanol–water partition coefficient (Wildman–Crippen LogP) is 1.62. The van der Waals surface area contributed by atoms with E-state index in [1.165, 1.54) is 5.56 Å². The Hall–Kier alpha value is -1.43. The van der Waals surface area contributed by atoms with Crippen molar-refractivity contribution in [1.29, 1.82) is 0 Å². The van der Waals surface area contributed by atoms with Gasteiger partial charge in [-0.1, -0.05) is 35.5 Å². The first-order valence-electron chi connectivity index (χ1n) is 6.02. The zero-order valence-electron chi connectivity index (χ0n) is 11.0. The van der Waals surface area contributed by atoms with Crippen LogP contribution in [0.5, 0.6) is 0 Å². The molecule has 2 rings (SSSR count). The molecule has 6 heteroatoms. The summed E-state index contributed by atoms with van der Waals surface area (Å²) in [7, 11) is 2.04. The minimum absolute atomic E-state index is 0. The Morgan fingerprint density at radius 2 is 2.00 bits per heavy atom. The highest BCUT2D eigenvalue weighted by atomic mass is 35.5. The van der Waals surface area contributed by atoms with Crippen LogP contribution >= 0.6 is 12.4 Å². The van der Waals surface area contributed by atoms with Crippen LogP contribution in [0.4, 0.5) is 0 Å². The summed E-state index contributed by atoms with van der Waals surface area (Å²) >= 11 is 0. The average molecular weight is 283 g/mol. The van der Waals surface area contributed by atoms with Gasteiger partial charge in [-0.05, 0) is 19.0 Å². The molecule has 1 heterocycles. The second-order valence-electron chi connectivity index (χ2n) is 4.28. The molecule has 2 aromatic rings. The van der Waals surface area contributed by atoms with Gasteiger partial charge in [-0.25, -0.2) is 0 Å². The van der Waals surface area contributed by atoms with Gasteiger partial charge in [0, 0.05) is 6.54 Å². The summed E-state index contributed by atoms with van der Waals surface area (Å²) in [5.74, 6) is 1.17. The molecule has 19 heavy (non-hydrogen) atoms. The fourth-order valence-electron chi connectivity index (χ4n) is 1.72. The maximum atomic E-state index is 5.42. The molecule has 0 saturated carbocycles. The second kappa shape index (κ2) is 7.89. The lowest BCUT2D eigenvalue weighted by molar-refractivity contribution is 0.310. The number of likely N-dealkylation sites (N-methyl/N-ethyl adjacent to an activating group) is 1. The van der Waals surface area contributed by atoms with Gasteiger partial charge >= 0.3 is 0 Å². The first kappa shape index (κ1) is 15.6. The van der Waals surface area contributed by atoms with Crippen LogP contribution < -0.4 is 5.73 Å². The maximum absolute atomic E-state index is 5.42. The Balaban J connectivity index is 0.00000180. The van der Waals surface area contributed by atoms with Gasteiger partial charge in [0.05, 0.1) is 13.1 Å². The lowest BCUT2D eigenvalue weighted by atomic mass is 10.1. The number of aromatic nitrogens is 2. The van der Waals surface area contributed by atoms with Gasteiger partial charge in [0.25, 0.3) is 0 Å². The van der Waals surface area contributed by atoms with E-state index in [1.807, 2.05) is 13.1 Å². The van der Waals surface area contributed by atoms with Crippen molar-refractivity contribution in [1.82, 2.24) is 15.0 Å². The Bertz CT molecular complexity index is 475. The molecule has 104 valence electrons. The molecular formula is C13H19ClN4O. The minimum Gasteiger partial charge on any atom is -0.338 e. The molecule has 0 aliphatic heterocycles. The van der Waals surface area contributed by atoms with E-state index in [2.05, 4.69) is 39.3 Å². The quantitative estimate of drug-likeness (QED) is 0.872. The van der Waals surface area contributed by atoms with Crippen molar-refractivity contribution in [2.75, 3.05) is 13.6 Å². The van der Waals surface area contributed by atoms with Crippen LogP contribution in [0, 0.1) is 0 Å². The van der Waals surface area contributed by atoms with Crippen LogP contribution in [-0.2, 0) is 19.5 Å². The molecule has 5 nitrogen and oxygen atoms in total. The summed E-state index contributed by atoms with van der Waals surface area (Å²) in [6.45, 7) is 1.92. The third kappa shape index (κ3) is 4.98. The molecular weight excluding hydrogens is 264 g/mol. The summed E-state index contributed by atoms with van der Waals surface area (Å²) < 4.78 is 4.96. The van der Waals surface area contributed by atoms with E-state index < -0.39 is 0 Å². The van der Waals surface area contributed by atoms with Crippen LogP contribution in [0.15, 0.2) is 34.9 Å². The van der Waals surface area contributed by atoms with Crippen LogP contribution in [0.2, 0.25) is 0 Å². The highest BCUT2D eigenvalue weighted by Gasteiger charge is 2.07. The average Bonchev–Trinajstić information content (AvgIpc) is 2.85. The number of hydrogen-bond acceptors (Lipinski definition) is 5. The Morgan fingerprint density at radius 1 is 1.26 bits per heavy atom. The Morgan fingerprint density at radius 3 is 2.63 bits per heavy atom. The van der Waals surface area contributed by atoms with Crippen molar-refractivity contribution in [3.05, 3.63) is 47.6 Å². The van der Waals surface area contributed by atoms with Gasteiger partial charge in [0.2, 0.25) is 5.89 Å². The SMILES string of the molecule is CN(CCc1ccccc1)Cc1noc(CN)n1.Cl. The zero-order chi connectivity index (χ0) is 12.8. The molecule has 0 radical (unpaired) electrons. The summed E-state index contributed by atoms with van der Waals surface area (Å²) in [5, 5.41) is 3.87. The first-order chi connectivity index (χ1) is 8.78. The molecule has 0 unspecified atom stereocenters. The number of rotatable bonds is 6. The number of nitrogens with two attached hydrogens (primary N) is 1. The lowest BCUT2D eigenvalue weighted by Gasteiger charge is -2.13. The number of hydrogen-bond donors (Lipinski definition) is 1. The van der Waals surface area contributed by atoms with Crippen LogP contribution in [-0.4, -0.2) is 28.6 Å². The van der Waals surface area contributed by atoms with E-state index in [0.29, 0.717) is 24.8 Å². The largest absolute Gasteiger partial charge is 0.338 e. The summed E-state index contributed by atoms with van der Waals surface area (Å²) in [5.41, 5.74) is 6.75. The van der Waals surface area contributed by atoms with Crippen LogP contribution in [0.1, 0.15) is 17.3 Å². The van der Waals surface area contributed by atoms with Crippen LogP contribution in [0.3, 0.4) is 0 Å². The monoisotopic (exact) mass is 282 g/mol. The fourth-order valence-corrected chi connectivity index (χ4v) is 1.72. The molecule has 0 spiro atoms. The minimum atomic E-state index is 0. The maximum Gasteiger partial charge on any atom is 0.240 e. The van der Waals surface area contributed by atoms with Gasteiger partial charge in [0.15, 0.2) is 5.82 Å². The topological polar surface area (TPSA) is 68.2 Å². The third-order valence-corrected chi connectivity index (χ3v) is 2.72. The molecule has 0 fully saturated rings. The number of halogens is 1. The zero-order valence-corrected chi connectivity index (χ0v) is 11.8. The molecule has 0 saturated heterocycles. The first-order valence-corrected chi connectivity index (χ1v) is 6.02. The number of nitrogens with zero attached hydrogens (tertiary/aromatic N) is 3. The highest BCUT2D eigenvalue weighted by Crippen LogP contribution is 2.03. The smallest absolute Gasteiger partial charge is 0.240 e. The molecule has 0 amide bonds. The van der Waals surface area contributed by atoms with Crippen molar-refractivity contribution in [2.24, 2.45) is 5.73 Å². The van der Waals surface area contributed by atoms with E-state index in [-0.39, 0.29) is 12.4 Å². The van der Waals surface area contributed by atoms with Crippen LogP contribution in [0.25, 0.3) is 0 Å². The predicted molar refractivity (Wildman–Crippen MR) is 75.9 cm³/mol. The summed E-state index contributed by atoms with van der Waals surface area (Å²) in [6.07, 6.45) is 1.01. The van der Waals surface area contributed by atoms with E-state index in [9.17, 15) is 0 Å². The number of benzene rings is 1. The van der Waals surface area contributed by atoms with E-state index in [0.717, 1.165) is 13.0 Å². The molecule has 2 N–H and O–H groups in total. The second-order valence-corrected chi connectivity index (χ2v) is 4.28. The standard InChI is InChI=1S/C13H18N4O.ClH/c1-17(8-7-11-5-3-2-4-6-11)10-12-15-13(9-14)18-16-12;/h2-6H,7-10,14H2,1H3;1H. The molecule has 0 aliphatic rings.